The van der Waals surface area contributed by atoms with Crippen molar-refractivity contribution in [3.8, 4) is 0 Å². The molecule has 3 unspecified atom stereocenters. The molecule has 5 nitrogen and oxygen atoms in total. The van der Waals surface area contributed by atoms with Gasteiger partial charge in [0, 0.05) is 29.6 Å². The first-order chi connectivity index (χ1) is 10.1. The Kier molecular flexibility index (Phi) is 5.99. The maximum absolute atomic E-state index is 12.1. The second-order valence-electron chi connectivity index (χ2n) is 5.84. The number of hydrogen-bond donors (Lipinski definition) is 3. The van der Waals surface area contributed by atoms with E-state index in [1.54, 1.807) is 11.3 Å². The van der Waals surface area contributed by atoms with Crippen LogP contribution >= 0.6 is 11.3 Å². The Hall–Kier alpha value is -1.14. The summed E-state index contributed by atoms with van der Waals surface area (Å²) < 4.78 is 0. The van der Waals surface area contributed by atoms with Crippen molar-refractivity contribution in [3.05, 3.63) is 16.1 Å². The number of carbonyl (C=O) groups is 1. The summed E-state index contributed by atoms with van der Waals surface area (Å²) in [5, 5.41) is 16.4. The van der Waals surface area contributed by atoms with Crippen LogP contribution in [0.2, 0.25) is 0 Å². The fraction of sp³-hybridized carbons (Fsp3) is 0.733. The van der Waals surface area contributed by atoms with E-state index in [1.165, 1.54) is 6.42 Å². The predicted octanol–water partition coefficient (Wildman–Crippen LogP) is 2.75. The minimum atomic E-state index is -0.166. The minimum absolute atomic E-state index is 0.0720. The van der Waals surface area contributed by atoms with Crippen molar-refractivity contribution in [1.29, 1.82) is 0 Å². The van der Waals surface area contributed by atoms with Crippen LogP contribution in [-0.2, 0) is 0 Å². The van der Waals surface area contributed by atoms with E-state index in [0.29, 0.717) is 0 Å². The fourth-order valence-corrected chi connectivity index (χ4v) is 3.61. The number of carbonyl (C=O) groups excluding carboxylic acids is 1. The van der Waals surface area contributed by atoms with Crippen LogP contribution in [0.1, 0.15) is 55.0 Å². The number of urea groups is 1. The first-order valence-corrected chi connectivity index (χ1v) is 8.52. The van der Waals surface area contributed by atoms with Gasteiger partial charge in [-0.3, -0.25) is 0 Å². The number of thiazole rings is 1. The second kappa shape index (κ2) is 7.75. The van der Waals surface area contributed by atoms with E-state index < -0.39 is 0 Å². The molecule has 3 N–H and O–H groups in total. The Bertz CT molecular complexity index is 464. The lowest BCUT2D eigenvalue weighted by molar-refractivity contribution is 0.178. The Morgan fingerprint density at radius 1 is 1.48 bits per heavy atom. The molecule has 1 heterocycles. The molecule has 3 atom stereocenters. The Morgan fingerprint density at radius 2 is 2.24 bits per heavy atom. The van der Waals surface area contributed by atoms with Crippen LogP contribution in [-0.4, -0.2) is 28.8 Å². The number of nitrogens with one attached hydrogen (secondary N) is 2. The standard InChI is InChI=1S/C15H25N3O2S/c1-10-8-16-14(21-10)11(2)17-15(20)18-13-7-5-3-4-6-12(13)9-19/h8,11-13,19H,3-7,9H2,1-2H3,(H2,17,18,20). The summed E-state index contributed by atoms with van der Waals surface area (Å²) in [7, 11) is 0. The van der Waals surface area contributed by atoms with Crippen LogP contribution < -0.4 is 10.6 Å². The number of amides is 2. The molecule has 1 aliphatic carbocycles. The van der Waals surface area contributed by atoms with Crippen molar-refractivity contribution < 1.29 is 9.90 Å². The van der Waals surface area contributed by atoms with Crippen LogP contribution in [0.15, 0.2) is 6.20 Å². The van der Waals surface area contributed by atoms with Crippen LogP contribution in [0.4, 0.5) is 4.79 Å². The molecule has 0 aromatic carbocycles. The molecule has 1 aliphatic rings. The van der Waals surface area contributed by atoms with Gasteiger partial charge in [-0.2, -0.15) is 0 Å². The number of aliphatic hydroxyl groups is 1. The highest BCUT2D eigenvalue weighted by Gasteiger charge is 2.25. The molecule has 0 aliphatic heterocycles. The summed E-state index contributed by atoms with van der Waals surface area (Å²) in [6.07, 6.45) is 7.20. The van der Waals surface area contributed by atoms with Crippen molar-refractivity contribution in [2.75, 3.05) is 6.61 Å². The van der Waals surface area contributed by atoms with Crippen LogP contribution in [0, 0.1) is 12.8 Å². The first-order valence-electron chi connectivity index (χ1n) is 7.70. The first kappa shape index (κ1) is 16.2. The topological polar surface area (TPSA) is 74.2 Å². The molecule has 0 saturated heterocycles. The highest BCUT2D eigenvalue weighted by atomic mass is 32.1. The third-order valence-corrected chi connectivity index (χ3v) is 5.16. The van der Waals surface area contributed by atoms with E-state index in [-0.39, 0.29) is 30.6 Å². The summed E-state index contributed by atoms with van der Waals surface area (Å²) in [5.41, 5.74) is 0. The zero-order chi connectivity index (χ0) is 15.2. The second-order valence-corrected chi connectivity index (χ2v) is 7.10. The molecule has 0 bridgehead atoms. The van der Waals surface area contributed by atoms with Crippen molar-refractivity contribution in [1.82, 2.24) is 15.6 Å². The fourth-order valence-electron chi connectivity index (χ4n) is 2.83. The SMILES string of the molecule is Cc1cnc(C(C)NC(=O)NC2CCCCCC2CO)s1. The maximum Gasteiger partial charge on any atom is 0.315 e. The van der Waals surface area contributed by atoms with E-state index >= 15 is 0 Å². The molecule has 1 saturated carbocycles. The van der Waals surface area contributed by atoms with Gasteiger partial charge in [0.1, 0.15) is 5.01 Å². The molecule has 118 valence electrons. The third kappa shape index (κ3) is 4.68. The van der Waals surface area contributed by atoms with E-state index in [0.717, 1.165) is 35.6 Å². The average Bonchev–Trinajstić information content (AvgIpc) is 2.76. The van der Waals surface area contributed by atoms with Gasteiger partial charge in [0.05, 0.1) is 6.04 Å². The monoisotopic (exact) mass is 311 g/mol. The van der Waals surface area contributed by atoms with Crippen molar-refractivity contribution >= 4 is 17.4 Å². The number of nitrogens with zero attached hydrogens (tertiary/aromatic N) is 1. The lowest BCUT2D eigenvalue weighted by Crippen LogP contribution is -2.46. The van der Waals surface area contributed by atoms with Gasteiger partial charge in [0.2, 0.25) is 0 Å². The van der Waals surface area contributed by atoms with E-state index in [4.69, 9.17) is 0 Å². The average molecular weight is 311 g/mol. The van der Waals surface area contributed by atoms with Gasteiger partial charge in [-0.05, 0) is 26.7 Å². The highest BCUT2D eigenvalue weighted by molar-refractivity contribution is 7.11. The molecule has 0 spiro atoms. The molecule has 2 amide bonds. The van der Waals surface area contributed by atoms with E-state index in [1.807, 2.05) is 20.0 Å². The van der Waals surface area contributed by atoms with Crippen molar-refractivity contribution in [2.24, 2.45) is 5.92 Å². The maximum atomic E-state index is 12.1. The zero-order valence-corrected chi connectivity index (χ0v) is 13.6. The van der Waals surface area contributed by atoms with Crippen LogP contribution in [0.25, 0.3) is 0 Å². The number of hydrogen-bond acceptors (Lipinski definition) is 4. The van der Waals surface area contributed by atoms with Gasteiger partial charge >= 0.3 is 6.03 Å². The smallest absolute Gasteiger partial charge is 0.315 e. The molecule has 1 aromatic heterocycles. The summed E-state index contributed by atoms with van der Waals surface area (Å²) in [6, 6.07) is -0.189. The lowest BCUT2D eigenvalue weighted by Gasteiger charge is -2.25. The van der Waals surface area contributed by atoms with Crippen molar-refractivity contribution in [2.45, 2.75) is 58.0 Å². The van der Waals surface area contributed by atoms with Crippen molar-refractivity contribution in [3.63, 3.8) is 0 Å². The molecular formula is C15H25N3O2S. The van der Waals surface area contributed by atoms with Gasteiger partial charge in [0.25, 0.3) is 0 Å². The Balaban J connectivity index is 1.87. The molecule has 2 rings (SSSR count). The normalized spacial score (nSPS) is 24.1. The number of rotatable bonds is 4. The lowest BCUT2D eigenvalue weighted by atomic mass is 9.96. The largest absolute Gasteiger partial charge is 0.396 e. The number of aromatic nitrogens is 1. The number of aryl methyl sites for hydroxylation is 1. The van der Waals surface area contributed by atoms with Crippen LogP contribution in [0.3, 0.4) is 0 Å². The molecular weight excluding hydrogens is 286 g/mol. The predicted molar refractivity (Wildman–Crippen MR) is 84.4 cm³/mol. The zero-order valence-electron chi connectivity index (χ0n) is 12.8. The Labute approximate surface area is 130 Å². The summed E-state index contributed by atoms with van der Waals surface area (Å²) in [6.45, 7) is 4.09. The minimum Gasteiger partial charge on any atom is -0.396 e. The molecule has 21 heavy (non-hydrogen) atoms. The van der Waals surface area contributed by atoms with Crippen LogP contribution in [0.5, 0.6) is 0 Å². The Morgan fingerprint density at radius 3 is 2.90 bits per heavy atom. The van der Waals surface area contributed by atoms with E-state index in [9.17, 15) is 9.90 Å². The number of aliphatic hydroxyl groups excluding tert-OH is 1. The molecule has 0 radical (unpaired) electrons. The van der Waals surface area contributed by atoms with Gasteiger partial charge in [-0.15, -0.1) is 11.3 Å². The molecule has 1 aromatic rings. The van der Waals surface area contributed by atoms with Gasteiger partial charge < -0.3 is 15.7 Å². The highest BCUT2D eigenvalue weighted by Crippen LogP contribution is 2.23. The van der Waals surface area contributed by atoms with Gasteiger partial charge in [-0.1, -0.05) is 19.3 Å². The molecule has 1 fully saturated rings. The van der Waals surface area contributed by atoms with Gasteiger partial charge in [0.15, 0.2) is 0 Å². The molecule has 6 heteroatoms. The summed E-state index contributed by atoms with van der Waals surface area (Å²) >= 11 is 1.60. The quantitative estimate of drug-likeness (QED) is 0.749. The van der Waals surface area contributed by atoms with Gasteiger partial charge in [-0.25, -0.2) is 9.78 Å². The third-order valence-electron chi connectivity index (χ3n) is 4.07. The van der Waals surface area contributed by atoms with E-state index in [2.05, 4.69) is 15.6 Å². The summed E-state index contributed by atoms with van der Waals surface area (Å²) in [5.74, 6) is 0.177. The summed E-state index contributed by atoms with van der Waals surface area (Å²) in [4.78, 5) is 17.6.